The number of piperidine rings is 1. The second-order valence-corrected chi connectivity index (χ2v) is 4.92. The SMILES string of the molecule is Cc1ccc(-c2noc([C@@H]3CCCCN3)n2)cc1F. The van der Waals surface area contributed by atoms with Crippen LogP contribution < -0.4 is 5.32 Å². The molecule has 0 unspecified atom stereocenters. The zero-order valence-electron chi connectivity index (χ0n) is 10.8. The van der Waals surface area contributed by atoms with Crippen LogP contribution >= 0.6 is 0 Å². The van der Waals surface area contributed by atoms with E-state index >= 15 is 0 Å². The van der Waals surface area contributed by atoms with Crippen molar-refractivity contribution in [3.05, 3.63) is 35.5 Å². The van der Waals surface area contributed by atoms with Gasteiger partial charge in [-0.1, -0.05) is 23.7 Å². The number of hydrogen-bond donors (Lipinski definition) is 1. The maximum Gasteiger partial charge on any atom is 0.244 e. The van der Waals surface area contributed by atoms with E-state index in [1.54, 1.807) is 19.1 Å². The van der Waals surface area contributed by atoms with Gasteiger partial charge in [0.1, 0.15) is 5.82 Å². The highest BCUT2D eigenvalue weighted by Gasteiger charge is 2.21. The molecule has 2 aromatic rings. The average molecular weight is 261 g/mol. The van der Waals surface area contributed by atoms with Gasteiger partial charge in [-0.3, -0.25) is 0 Å². The van der Waals surface area contributed by atoms with Crippen molar-refractivity contribution >= 4 is 0 Å². The first-order valence-electron chi connectivity index (χ1n) is 6.57. The van der Waals surface area contributed by atoms with Crippen LogP contribution in [0, 0.1) is 12.7 Å². The van der Waals surface area contributed by atoms with Crippen LogP contribution in [-0.2, 0) is 0 Å². The minimum absolute atomic E-state index is 0.130. The summed E-state index contributed by atoms with van der Waals surface area (Å²) >= 11 is 0. The van der Waals surface area contributed by atoms with Crippen LogP contribution in [0.4, 0.5) is 4.39 Å². The molecule has 1 fully saturated rings. The molecular weight excluding hydrogens is 245 g/mol. The molecule has 0 radical (unpaired) electrons. The molecule has 3 rings (SSSR count). The van der Waals surface area contributed by atoms with E-state index in [0.29, 0.717) is 22.8 Å². The first-order valence-corrected chi connectivity index (χ1v) is 6.57. The molecule has 0 aliphatic carbocycles. The van der Waals surface area contributed by atoms with Crippen molar-refractivity contribution in [2.45, 2.75) is 32.2 Å². The highest BCUT2D eigenvalue weighted by Crippen LogP contribution is 2.24. The summed E-state index contributed by atoms with van der Waals surface area (Å²) in [4.78, 5) is 4.37. The highest BCUT2D eigenvalue weighted by molar-refractivity contribution is 5.54. The quantitative estimate of drug-likeness (QED) is 0.902. The number of aryl methyl sites for hydroxylation is 1. The van der Waals surface area contributed by atoms with Gasteiger partial charge in [-0.2, -0.15) is 4.98 Å². The molecule has 1 aliphatic rings. The Kier molecular flexibility index (Phi) is 3.29. The standard InChI is InChI=1S/C14H16FN3O/c1-9-5-6-10(8-11(9)15)13-17-14(19-18-13)12-4-2-3-7-16-12/h5-6,8,12,16H,2-4,7H2,1H3/t12-/m0/s1. The topological polar surface area (TPSA) is 51.0 Å². The molecule has 0 spiro atoms. The minimum Gasteiger partial charge on any atom is -0.337 e. The van der Waals surface area contributed by atoms with Crippen LogP contribution in [0.1, 0.15) is 36.8 Å². The Hall–Kier alpha value is -1.75. The predicted molar refractivity (Wildman–Crippen MR) is 69.0 cm³/mol. The monoisotopic (exact) mass is 261 g/mol. The Morgan fingerprint density at radius 1 is 1.37 bits per heavy atom. The van der Waals surface area contributed by atoms with Crippen molar-refractivity contribution in [2.24, 2.45) is 0 Å². The number of nitrogens with zero attached hydrogens (tertiary/aromatic N) is 2. The molecule has 4 nitrogen and oxygen atoms in total. The molecule has 2 heterocycles. The molecule has 1 aromatic carbocycles. The summed E-state index contributed by atoms with van der Waals surface area (Å²) in [6.45, 7) is 2.70. The summed E-state index contributed by atoms with van der Waals surface area (Å²) < 4.78 is 18.8. The molecule has 1 atom stereocenters. The van der Waals surface area contributed by atoms with Gasteiger partial charge in [0.2, 0.25) is 11.7 Å². The number of rotatable bonds is 2. The second kappa shape index (κ2) is 5.09. The first-order chi connectivity index (χ1) is 9.24. The van der Waals surface area contributed by atoms with Crippen LogP contribution in [0.15, 0.2) is 22.7 Å². The molecular formula is C14H16FN3O. The van der Waals surface area contributed by atoms with E-state index in [1.807, 2.05) is 0 Å². The lowest BCUT2D eigenvalue weighted by Gasteiger charge is -2.19. The largest absolute Gasteiger partial charge is 0.337 e. The average Bonchev–Trinajstić information content (AvgIpc) is 2.93. The summed E-state index contributed by atoms with van der Waals surface area (Å²) in [6.07, 6.45) is 3.35. The number of halogens is 1. The third-order valence-corrected chi connectivity index (χ3v) is 3.48. The summed E-state index contributed by atoms with van der Waals surface area (Å²) in [5, 5.41) is 7.29. The van der Waals surface area contributed by atoms with Crippen molar-refractivity contribution in [3.8, 4) is 11.4 Å². The summed E-state index contributed by atoms with van der Waals surface area (Å²) in [5.74, 6) is 0.789. The van der Waals surface area contributed by atoms with E-state index in [-0.39, 0.29) is 11.9 Å². The predicted octanol–water partition coefficient (Wildman–Crippen LogP) is 3.00. The Morgan fingerprint density at radius 2 is 2.26 bits per heavy atom. The van der Waals surface area contributed by atoms with Gasteiger partial charge >= 0.3 is 0 Å². The van der Waals surface area contributed by atoms with E-state index in [4.69, 9.17) is 4.52 Å². The van der Waals surface area contributed by atoms with Crippen molar-refractivity contribution in [1.82, 2.24) is 15.5 Å². The van der Waals surface area contributed by atoms with Crippen molar-refractivity contribution < 1.29 is 8.91 Å². The first kappa shape index (κ1) is 12.3. The van der Waals surface area contributed by atoms with Crippen LogP contribution in [0.2, 0.25) is 0 Å². The Bertz CT molecular complexity index is 576. The van der Waals surface area contributed by atoms with Crippen molar-refractivity contribution in [3.63, 3.8) is 0 Å². The highest BCUT2D eigenvalue weighted by atomic mass is 19.1. The Labute approximate surface area is 111 Å². The van der Waals surface area contributed by atoms with Gasteiger partial charge in [-0.05, 0) is 37.9 Å². The number of hydrogen-bond acceptors (Lipinski definition) is 4. The molecule has 5 heteroatoms. The zero-order valence-corrected chi connectivity index (χ0v) is 10.8. The van der Waals surface area contributed by atoms with E-state index in [1.165, 1.54) is 12.5 Å². The van der Waals surface area contributed by atoms with Gasteiger partial charge in [0.05, 0.1) is 6.04 Å². The van der Waals surface area contributed by atoms with Crippen LogP contribution in [0.3, 0.4) is 0 Å². The molecule has 1 aliphatic heterocycles. The maximum atomic E-state index is 13.5. The molecule has 1 N–H and O–H groups in total. The fraction of sp³-hybridized carbons (Fsp3) is 0.429. The van der Waals surface area contributed by atoms with Gasteiger partial charge in [-0.15, -0.1) is 0 Å². The molecule has 0 amide bonds. The lowest BCUT2D eigenvalue weighted by atomic mass is 10.1. The van der Waals surface area contributed by atoms with Gasteiger partial charge in [-0.25, -0.2) is 4.39 Å². The molecule has 19 heavy (non-hydrogen) atoms. The molecule has 1 saturated heterocycles. The van der Waals surface area contributed by atoms with Crippen molar-refractivity contribution in [1.29, 1.82) is 0 Å². The second-order valence-electron chi connectivity index (χ2n) is 4.92. The number of aromatic nitrogens is 2. The summed E-state index contributed by atoms with van der Waals surface area (Å²) in [5.41, 5.74) is 1.26. The van der Waals surface area contributed by atoms with Gasteiger partial charge in [0, 0.05) is 5.56 Å². The summed E-state index contributed by atoms with van der Waals surface area (Å²) in [6, 6.07) is 5.10. The molecule has 1 aromatic heterocycles. The van der Waals surface area contributed by atoms with Crippen molar-refractivity contribution in [2.75, 3.05) is 6.54 Å². The lowest BCUT2D eigenvalue weighted by molar-refractivity contribution is 0.297. The Morgan fingerprint density at radius 3 is 3.00 bits per heavy atom. The van der Waals surface area contributed by atoms with E-state index < -0.39 is 0 Å². The smallest absolute Gasteiger partial charge is 0.244 e. The van der Waals surface area contributed by atoms with Crippen LogP contribution in [-0.4, -0.2) is 16.7 Å². The van der Waals surface area contributed by atoms with Gasteiger partial charge in [0.15, 0.2) is 0 Å². The third kappa shape index (κ3) is 2.51. The number of benzene rings is 1. The summed E-state index contributed by atoms with van der Waals surface area (Å²) in [7, 11) is 0. The van der Waals surface area contributed by atoms with E-state index in [2.05, 4.69) is 15.5 Å². The van der Waals surface area contributed by atoms with Gasteiger partial charge < -0.3 is 9.84 Å². The van der Waals surface area contributed by atoms with Gasteiger partial charge in [0.25, 0.3) is 0 Å². The van der Waals surface area contributed by atoms with E-state index in [0.717, 1.165) is 19.4 Å². The fourth-order valence-corrected chi connectivity index (χ4v) is 2.29. The third-order valence-electron chi connectivity index (χ3n) is 3.48. The minimum atomic E-state index is -0.250. The number of nitrogens with one attached hydrogen (secondary N) is 1. The molecule has 0 bridgehead atoms. The molecule has 0 saturated carbocycles. The van der Waals surface area contributed by atoms with Crippen LogP contribution in [0.25, 0.3) is 11.4 Å². The fourth-order valence-electron chi connectivity index (χ4n) is 2.29. The maximum absolute atomic E-state index is 13.5. The Balaban J connectivity index is 1.85. The normalized spacial score (nSPS) is 19.6. The lowest BCUT2D eigenvalue weighted by Crippen LogP contribution is -2.26. The van der Waals surface area contributed by atoms with E-state index in [9.17, 15) is 4.39 Å². The molecule has 100 valence electrons. The van der Waals surface area contributed by atoms with Crippen LogP contribution in [0.5, 0.6) is 0 Å². The zero-order chi connectivity index (χ0) is 13.2.